The third-order valence-corrected chi connectivity index (χ3v) is 28.2. The lowest BCUT2D eigenvalue weighted by atomic mass is 10.1. The maximum absolute atomic E-state index is 12.8. The van der Waals surface area contributed by atoms with Crippen molar-refractivity contribution < 1.29 is 67.2 Å². The van der Waals surface area contributed by atoms with Gasteiger partial charge in [0, 0.05) is 121 Å². The monoisotopic (exact) mass is 1850 g/mol. The van der Waals surface area contributed by atoms with E-state index >= 15 is 0 Å². The van der Waals surface area contributed by atoms with Gasteiger partial charge in [-0.2, -0.15) is 0 Å². The van der Waals surface area contributed by atoms with Crippen LogP contribution in [0, 0.1) is 13.8 Å². The summed E-state index contributed by atoms with van der Waals surface area (Å²) in [6.45, 7) is 5.37. The predicted octanol–water partition coefficient (Wildman–Crippen LogP) is 17.2. The van der Waals surface area contributed by atoms with Crippen molar-refractivity contribution in [2.24, 2.45) is 0 Å². The van der Waals surface area contributed by atoms with Crippen molar-refractivity contribution in [3.05, 3.63) is 329 Å². The summed E-state index contributed by atoms with van der Waals surface area (Å²) in [5, 5.41) is 23.3. The normalized spacial score (nSPS) is 14.6. The maximum atomic E-state index is 12.8. The Balaban J connectivity index is 0.000000142. The minimum Gasteiger partial charge on any atom is -0.322 e. The first-order chi connectivity index (χ1) is 58.5. The van der Waals surface area contributed by atoms with Crippen LogP contribution in [0.1, 0.15) is 83.6 Å². The molecule has 4 aliphatic heterocycles. The van der Waals surface area contributed by atoms with E-state index in [1.807, 2.05) is 38.1 Å². The number of nitrogens with zero attached hydrogens (tertiary/aromatic N) is 5. The van der Waals surface area contributed by atoms with Crippen LogP contribution in [-0.2, 0) is 40.1 Å². The van der Waals surface area contributed by atoms with Crippen molar-refractivity contribution in [1.29, 1.82) is 0 Å². The van der Waals surface area contributed by atoms with Gasteiger partial charge in [0.15, 0.2) is 0 Å². The molecule has 0 saturated carbocycles. The summed E-state index contributed by atoms with van der Waals surface area (Å²) in [6.07, 6.45) is 3.47. The Morgan fingerprint density at radius 1 is 0.293 bits per heavy atom. The molecule has 7 N–H and O–H groups in total. The molecule has 0 bridgehead atoms. The van der Waals surface area contributed by atoms with E-state index in [-0.39, 0.29) is 72.8 Å². The van der Waals surface area contributed by atoms with Gasteiger partial charge >= 0.3 is 0 Å². The Morgan fingerprint density at radius 3 is 0.976 bits per heavy atom. The fraction of sp³-hybridized carbons (Fsp3) is 0.116. The van der Waals surface area contributed by atoms with Crippen molar-refractivity contribution >= 4 is 224 Å². The van der Waals surface area contributed by atoms with E-state index in [1.165, 1.54) is 65.8 Å². The Kier molecular flexibility index (Phi) is 27.2. The maximum Gasteiger partial charge on any atom is 0.257 e. The Bertz CT molecular complexity index is 6510. The van der Waals surface area contributed by atoms with Gasteiger partial charge in [-0.3, -0.25) is 55.8 Å². The number of aryl methyl sites for hydroxylation is 2. The van der Waals surface area contributed by atoms with Gasteiger partial charge in [0.05, 0.1) is 77.6 Å². The topological polar surface area (TPSA) is 366 Å². The van der Waals surface area contributed by atoms with Crippen molar-refractivity contribution in [2.75, 3.05) is 104 Å². The van der Waals surface area contributed by atoms with Gasteiger partial charge in [0.25, 0.3) is 41.4 Å². The number of aromatic nitrogens is 1. The highest BCUT2D eigenvalue weighted by molar-refractivity contribution is 7.95. The minimum absolute atomic E-state index is 0.0829. The molecule has 630 valence electrons. The van der Waals surface area contributed by atoms with Crippen molar-refractivity contribution in [2.45, 2.75) is 13.8 Å². The summed E-state index contributed by atoms with van der Waals surface area (Å²) in [5.41, 5.74) is 9.39. The number of halogens is 6. The lowest BCUT2D eigenvalue weighted by Gasteiger charge is -2.32. The van der Waals surface area contributed by atoms with Crippen LogP contribution < -0.4 is 54.4 Å². The van der Waals surface area contributed by atoms with Gasteiger partial charge in [-0.05, 0) is 231 Å². The van der Waals surface area contributed by atoms with Crippen LogP contribution in [0.5, 0.6) is 0 Å². The van der Waals surface area contributed by atoms with Crippen LogP contribution in [0.4, 0.5) is 62.6 Å². The van der Waals surface area contributed by atoms with E-state index in [1.54, 1.807) is 176 Å². The zero-order valence-corrected chi connectivity index (χ0v) is 72.4. The number of carbonyl (C=O) groups excluding carboxylic acids is 7. The third kappa shape index (κ3) is 21.7. The molecular weight excluding hydrogens is 1780 g/mol. The number of nitrogens with one attached hydrogen (secondary N) is 7. The SMILES string of the molecule is Cc1ccc(NC(=O)c2ccc(N3CCS3(=O)=O)cc2)cc1NC(=O)c1cccc(Cl)c1.Cc1ccc(NC(=O)c2ccc(N3CCS3(=O)=O)cc2Cl)cc1NC(=O)c1cccc(Cl)c1.O=C(Nc1cc(NC(=O)c2ccc(N3CCS3(=O)=O)cc2Cl)ccc1Cl)c1cccc(Cl)c1.O=C(Nc1ccc2ccncc2c1)c1ccc(N2CCS2(=O)=O)cc1. The summed E-state index contributed by atoms with van der Waals surface area (Å²) in [6, 6.07) is 63.9. The minimum atomic E-state index is -3.30. The molecular formula is C86H70Cl6N12O15S4. The molecule has 0 spiro atoms. The molecule has 0 atom stereocenters. The van der Waals surface area contributed by atoms with E-state index < -0.39 is 57.8 Å². The quantitative estimate of drug-likeness (QED) is 0.0420. The van der Waals surface area contributed by atoms with Crippen LogP contribution in [0.25, 0.3) is 10.8 Å². The number of pyridine rings is 1. The molecule has 37 heteroatoms. The zero-order valence-electron chi connectivity index (χ0n) is 64.6. The highest BCUT2D eigenvalue weighted by Gasteiger charge is 2.36. The Hall–Kier alpha value is -12.1. The second-order valence-electron chi connectivity index (χ2n) is 27.9. The van der Waals surface area contributed by atoms with Crippen LogP contribution in [0.2, 0.25) is 30.1 Å². The second-order valence-corrected chi connectivity index (χ2v) is 38.5. The number of fused-ring (bicyclic) bond motifs is 1. The standard InChI is InChI=1S/C23H19Cl2N3O4S.C23H20ClN3O4S.C22H16Cl3N3O4S.C18H15N3O3S/c1-14-5-6-17(12-21(14)27-22(29)15-3-2-4-16(24)11-15)26-23(30)19-8-7-18(13-20(19)25)28-9-10-33(28,31)32;1-15-5-8-19(14-21(15)26-23(29)17-3-2-4-18(24)13-17)25-22(28)16-6-9-20(10-7-16)27-11-12-32(27,30)31;23-14-3-1-2-13(10-14)21(29)27-20-11-15(4-7-18(20)24)26-22(30)17-6-5-16(12-19(17)25)28-8-9-33(28,31)32;22-18(20-16-4-1-13-7-8-19-12-15(13)11-16)14-2-5-17(6-3-14)21-9-10-25(21,23)24/h2-8,11-13H,9-10H2,1H3,(H,26,30)(H,27,29);2-10,13-14H,11-12H2,1H3,(H,25,28)(H,26,29);1-7,10-12H,8-9H2,(H,26,30)(H,27,29);1-8,11-12H,9-10H2,(H,20,22). The second kappa shape index (κ2) is 37.7. The molecule has 0 unspecified atom stereocenters. The first-order valence-electron chi connectivity index (χ1n) is 37.2. The third-order valence-electron chi connectivity index (χ3n) is 19.5. The molecule has 4 aliphatic rings. The van der Waals surface area contributed by atoms with Gasteiger partial charge in [0.2, 0.25) is 40.1 Å². The Labute approximate surface area is 737 Å². The smallest absolute Gasteiger partial charge is 0.257 e. The molecule has 0 radical (unpaired) electrons. The summed E-state index contributed by atoms with van der Waals surface area (Å²) in [7, 11) is -12.9. The van der Waals surface area contributed by atoms with Gasteiger partial charge in [0.1, 0.15) is 0 Å². The molecule has 12 aromatic rings. The first kappa shape index (κ1) is 88.6. The number of carbonyl (C=O) groups is 7. The molecule has 7 amide bonds. The molecule has 11 aromatic carbocycles. The fourth-order valence-corrected chi connectivity index (χ4v) is 18.2. The van der Waals surface area contributed by atoms with Gasteiger partial charge in [-0.25, -0.2) is 33.7 Å². The van der Waals surface area contributed by atoms with E-state index in [0.29, 0.717) is 132 Å². The van der Waals surface area contributed by atoms with Gasteiger partial charge < -0.3 is 37.2 Å². The van der Waals surface area contributed by atoms with E-state index in [2.05, 4.69) is 42.2 Å². The number of anilines is 11. The number of hydrogen-bond acceptors (Lipinski definition) is 16. The molecule has 5 heterocycles. The number of rotatable bonds is 18. The zero-order chi connectivity index (χ0) is 87.8. The molecule has 27 nitrogen and oxygen atoms in total. The number of amides is 7. The summed E-state index contributed by atoms with van der Waals surface area (Å²) >= 11 is 36.6. The first-order valence-corrected chi connectivity index (χ1v) is 45.9. The highest BCUT2D eigenvalue weighted by Crippen LogP contribution is 2.36. The molecule has 1 aromatic heterocycles. The lowest BCUT2D eigenvalue weighted by Crippen LogP contribution is -2.47. The van der Waals surface area contributed by atoms with Crippen molar-refractivity contribution in [1.82, 2.24) is 4.98 Å². The number of hydrogen-bond donors (Lipinski definition) is 7. The predicted molar refractivity (Wildman–Crippen MR) is 486 cm³/mol. The van der Waals surface area contributed by atoms with Crippen molar-refractivity contribution in [3.8, 4) is 0 Å². The van der Waals surface area contributed by atoms with Gasteiger partial charge in [-0.15, -0.1) is 0 Å². The largest absolute Gasteiger partial charge is 0.322 e. The van der Waals surface area contributed by atoms with E-state index in [9.17, 15) is 67.2 Å². The molecule has 123 heavy (non-hydrogen) atoms. The van der Waals surface area contributed by atoms with Crippen LogP contribution >= 0.6 is 69.6 Å². The van der Waals surface area contributed by atoms with E-state index in [4.69, 9.17) is 69.6 Å². The average Bonchev–Trinajstić information content (AvgIpc) is 0.785. The van der Waals surface area contributed by atoms with Crippen LogP contribution in [0.3, 0.4) is 0 Å². The van der Waals surface area contributed by atoms with Crippen LogP contribution in [0.15, 0.2) is 249 Å². The van der Waals surface area contributed by atoms with E-state index in [0.717, 1.165) is 21.9 Å². The average molecular weight is 1850 g/mol. The summed E-state index contributed by atoms with van der Waals surface area (Å²) < 4.78 is 99.0. The molecule has 16 rings (SSSR count). The fourth-order valence-electron chi connectivity index (χ4n) is 12.5. The number of benzene rings is 11. The van der Waals surface area contributed by atoms with Crippen LogP contribution in [-0.4, -0.2) is 129 Å². The molecule has 0 aliphatic carbocycles. The molecule has 4 saturated heterocycles. The van der Waals surface area contributed by atoms with Gasteiger partial charge in [-0.1, -0.05) is 106 Å². The summed E-state index contributed by atoms with van der Waals surface area (Å²) in [5.74, 6) is -2.13. The highest BCUT2D eigenvalue weighted by atomic mass is 35.5. The lowest BCUT2D eigenvalue weighted by molar-refractivity contribution is 0.101. The van der Waals surface area contributed by atoms with Crippen molar-refractivity contribution in [3.63, 3.8) is 0 Å². The number of sulfonamides is 4. The Morgan fingerprint density at radius 2 is 0.618 bits per heavy atom. The molecule has 4 fully saturated rings. The summed E-state index contributed by atoms with van der Waals surface area (Å²) in [4.78, 5) is 92.2.